The smallest absolute Gasteiger partial charge is 0.216 e. The first kappa shape index (κ1) is 14.7. The van der Waals surface area contributed by atoms with Gasteiger partial charge < -0.3 is 5.73 Å². The Labute approximate surface area is 121 Å². The van der Waals surface area contributed by atoms with Crippen molar-refractivity contribution in [3.63, 3.8) is 0 Å². The Morgan fingerprint density at radius 2 is 1.58 bits per heavy atom. The second kappa shape index (κ2) is 6.62. The fourth-order valence-corrected chi connectivity index (χ4v) is 4.51. The van der Waals surface area contributed by atoms with Crippen LogP contribution in [0.5, 0.6) is 0 Å². The molecular weight excluding hydrogens is 300 g/mol. The SMILES string of the molecule is NCCS(=O)(=O)N(Cc1cccs1)Cc1cccs1. The minimum atomic E-state index is -3.30. The van der Waals surface area contributed by atoms with E-state index in [1.165, 1.54) is 4.31 Å². The van der Waals surface area contributed by atoms with Gasteiger partial charge in [-0.2, -0.15) is 4.31 Å². The molecule has 19 heavy (non-hydrogen) atoms. The van der Waals surface area contributed by atoms with E-state index >= 15 is 0 Å². The molecule has 2 aromatic rings. The maximum atomic E-state index is 12.2. The predicted molar refractivity (Wildman–Crippen MR) is 80.7 cm³/mol. The minimum Gasteiger partial charge on any atom is -0.329 e. The van der Waals surface area contributed by atoms with E-state index in [0.29, 0.717) is 13.1 Å². The summed E-state index contributed by atoms with van der Waals surface area (Å²) >= 11 is 3.13. The molecule has 0 fully saturated rings. The zero-order chi connectivity index (χ0) is 13.7. The molecular formula is C12H16N2O2S3. The Morgan fingerprint density at radius 3 is 1.95 bits per heavy atom. The summed E-state index contributed by atoms with van der Waals surface area (Å²) in [6.45, 7) is 0.976. The maximum Gasteiger partial charge on any atom is 0.216 e. The van der Waals surface area contributed by atoms with Gasteiger partial charge in [0.2, 0.25) is 10.0 Å². The second-order valence-corrected chi connectivity index (χ2v) is 8.18. The van der Waals surface area contributed by atoms with Gasteiger partial charge in [-0.05, 0) is 22.9 Å². The molecule has 2 rings (SSSR count). The topological polar surface area (TPSA) is 63.4 Å². The molecule has 0 aliphatic carbocycles. The van der Waals surface area contributed by atoms with Gasteiger partial charge in [-0.1, -0.05) is 12.1 Å². The Bertz CT molecular complexity index is 540. The molecule has 2 aromatic heterocycles. The molecule has 0 aliphatic rings. The highest BCUT2D eigenvalue weighted by Gasteiger charge is 2.22. The fraction of sp³-hybridized carbons (Fsp3) is 0.333. The van der Waals surface area contributed by atoms with Crippen LogP contribution in [0.3, 0.4) is 0 Å². The third-order valence-corrected chi connectivity index (χ3v) is 6.11. The summed E-state index contributed by atoms with van der Waals surface area (Å²) in [6.07, 6.45) is 0. The standard InChI is InChI=1S/C12H16N2O2S3/c13-5-8-19(15,16)14(9-11-3-1-6-17-11)10-12-4-2-7-18-12/h1-4,6-7H,5,8-10,13H2. The quantitative estimate of drug-likeness (QED) is 0.851. The molecule has 0 radical (unpaired) electrons. The van der Waals surface area contributed by atoms with Gasteiger partial charge in [0, 0.05) is 29.4 Å². The molecule has 0 saturated heterocycles. The van der Waals surface area contributed by atoms with E-state index in [2.05, 4.69) is 0 Å². The Morgan fingerprint density at radius 1 is 1.05 bits per heavy atom. The van der Waals surface area contributed by atoms with Gasteiger partial charge in [0.05, 0.1) is 5.75 Å². The van der Waals surface area contributed by atoms with E-state index in [-0.39, 0.29) is 12.3 Å². The van der Waals surface area contributed by atoms with Gasteiger partial charge in [0.1, 0.15) is 0 Å². The second-order valence-electron chi connectivity index (χ2n) is 4.03. The highest BCUT2D eigenvalue weighted by atomic mass is 32.2. The normalized spacial score (nSPS) is 12.1. The number of thiophene rings is 2. The van der Waals surface area contributed by atoms with Gasteiger partial charge in [0.25, 0.3) is 0 Å². The van der Waals surface area contributed by atoms with Crippen molar-refractivity contribution in [2.24, 2.45) is 5.73 Å². The van der Waals surface area contributed by atoms with Crippen molar-refractivity contribution in [2.45, 2.75) is 13.1 Å². The minimum absolute atomic E-state index is 0.0102. The number of hydrogen-bond donors (Lipinski definition) is 1. The largest absolute Gasteiger partial charge is 0.329 e. The average Bonchev–Trinajstić information content (AvgIpc) is 3.00. The number of nitrogens with two attached hydrogens (primary N) is 1. The fourth-order valence-electron chi connectivity index (χ4n) is 1.68. The summed E-state index contributed by atoms with van der Waals surface area (Å²) in [5, 5.41) is 3.91. The van der Waals surface area contributed by atoms with Crippen LogP contribution in [0.2, 0.25) is 0 Å². The van der Waals surface area contributed by atoms with Crippen LogP contribution in [0, 0.1) is 0 Å². The van der Waals surface area contributed by atoms with Gasteiger partial charge in [-0.3, -0.25) is 0 Å². The molecule has 2 heterocycles. The molecule has 0 amide bonds. The third-order valence-electron chi connectivity index (χ3n) is 2.59. The lowest BCUT2D eigenvalue weighted by Crippen LogP contribution is -2.34. The lowest BCUT2D eigenvalue weighted by Gasteiger charge is -2.20. The molecule has 0 atom stereocenters. The van der Waals surface area contributed by atoms with Crippen LogP contribution >= 0.6 is 22.7 Å². The summed E-state index contributed by atoms with van der Waals surface area (Å²) < 4.78 is 26.0. The molecule has 4 nitrogen and oxygen atoms in total. The predicted octanol–water partition coefficient (Wildman–Crippen LogP) is 2.10. The molecule has 104 valence electrons. The van der Waals surface area contributed by atoms with Gasteiger partial charge in [0.15, 0.2) is 0 Å². The highest BCUT2D eigenvalue weighted by Crippen LogP contribution is 2.19. The first-order valence-corrected chi connectivity index (χ1v) is 9.21. The maximum absolute atomic E-state index is 12.2. The van der Waals surface area contributed by atoms with E-state index in [9.17, 15) is 8.42 Å². The summed E-state index contributed by atoms with van der Waals surface area (Å²) in [4.78, 5) is 2.08. The molecule has 0 spiro atoms. The van der Waals surface area contributed by atoms with Crippen molar-refractivity contribution in [3.8, 4) is 0 Å². The van der Waals surface area contributed by atoms with E-state index in [1.807, 2.05) is 35.0 Å². The van der Waals surface area contributed by atoms with Crippen molar-refractivity contribution in [2.75, 3.05) is 12.3 Å². The molecule has 0 aliphatic heterocycles. The van der Waals surface area contributed by atoms with E-state index in [0.717, 1.165) is 9.75 Å². The molecule has 0 saturated carbocycles. The zero-order valence-corrected chi connectivity index (χ0v) is 12.8. The van der Waals surface area contributed by atoms with Crippen molar-refractivity contribution in [1.29, 1.82) is 0 Å². The van der Waals surface area contributed by atoms with Crippen LogP contribution in [-0.2, 0) is 23.1 Å². The van der Waals surface area contributed by atoms with Crippen LogP contribution in [0.1, 0.15) is 9.75 Å². The third kappa shape index (κ3) is 4.12. The van der Waals surface area contributed by atoms with Gasteiger partial charge in [-0.25, -0.2) is 8.42 Å². The monoisotopic (exact) mass is 316 g/mol. The molecule has 0 aromatic carbocycles. The first-order chi connectivity index (χ1) is 9.12. The molecule has 7 heteroatoms. The van der Waals surface area contributed by atoms with Crippen molar-refractivity contribution >= 4 is 32.7 Å². The van der Waals surface area contributed by atoms with E-state index in [1.54, 1.807) is 22.7 Å². The molecule has 0 unspecified atom stereocenters. The van der Waals surface area contributed by atoms with Crippen LogP contribution in [0.15, 0.2) is 35.0 Å². The van der Waals surface area contributed by atoms with E-state index in [4.69, 9.17) is 5.73 Å². The van der Waals surface area contributed by atoms with Crippen LogP contribution in [0.25, 0.3) is 0 Å². The lowest BCUT2D eigenvalue weighted by molar-refractivity contribution is 0.407. The Hall–Kier alpha value is -0.730. The molecule has 2 N–H and O–H groups in total. The zero-order valence-electron chi connectivity index (χ0n) is 10.4. The number of rotatable bonds is 7. The summed E-state index contributed by atoms with van der Waals surface area (Å²) in [7, 11) is -3.30. The van der Waals surface area contributed by atoms with Crippen molar-refractivity contribution < 1.29 is 8.42 Å². The van der Waals surface area contributed by atoms with Crippen LogP contribution in [0.4, 0.5) is 0 Å². The Balaban J connectivity index is 2.17. The summed E-state index contributed by atoms with van der Waals surface area (Å²) in [5.41, 5.74) is 5.40. The highest BCUT2D eigenvalue weighted by molar-refractivity contribution is 7.89. The van der Waals surface area contributed by atoms with E-state index < -0.39 is 10.0 Å². The lowest BCUT2D eigenvalue weighted by atomic mass is 10.4. The summed E-state index contributed by atoms with van der Waals surface area (Å²) in [6, 6.07) is 7.76. The van der Waals surface area contributed by atoms with Gasteiger partial charge >= 0.3 is 0 Å². The van der Waals surface area contributed by atoms with Crippen LogP contribution in [-0.4, -0.2) is 25.0 Å². The molecule has 0 bridgehead atoms. The number of nitrogens with zero attached hydrogens (tertiary/aromatic N) is 1. The average molecular weight is 316 g/mol. The first-order valence-electron chi connectivity index (χ1n) is 5.84. The number of hydrogen-bond acceptors (Lipinski definition) is 5. The van der Waals surface area contributed by atoms with Crippen molar-refractivity contribution in [1.82, 2.24) is 4.31 Å². The Kier molecular flexibility index (Phi) is 5.12. The number of sulfonamides is 1. The van der Waals surface area contributed by atoms with Crippen molar-refractivity contribution in [3.05, 3.63) is 44.8 Å². The van der Waals surface area contributed by atoms with Gasteiger partial charge in [-0.15, -0.1) is 22.7 Å². The van der Waals surface area contributed by atoms with Crippen LogP contribution < -0.4 is 5.73 Å². The summed E-state index contributed by atoms with van der Waals surface area (Å²) in [5.74, 6) is -0.0102.